The number of carboxylic acids is 2. The third-order valence-corrected chi connectivity index (χ3v) is 2.88. The normalized spacial score (nSPS) is 11.8. The quantitative estimate of drug-likeness (QED) is 0.193. The van der Waals surface area contributed by atoms with Crippen LogP contribution in [0.2, 0.25) is 0 Å². The second kappa shape index (κ2) is 20.9. The summed E-state index contributed by atoms with van der Waals surface area (Å²) in [6.45, 7) is 0.604. The van der Waals surface area contributed by atoms with Gasteiger partial charge in [0.05, 0.1) is 0 Å². The molecule has 0 saturated heterocycles. The second-order valence-corrected chi connectivity index (χ2v) is 4.94. The fourth-order valence-corrected chi connectivity index (χ4v) is 1.49. The maximum absolute atomic E-state index is 10.1. The van der Waals surface area contributed by atoms with Crippen molar-refractivity contribution in [1.82, 2.24) is 0 Å². The summed E-state index contributed by atoms with van der Waals surface area (Å²) in [6, 6.07) is -1.40. The van der Waals surface area contributed by atoms with E-state index in [9.17, 15) is 9.59 Å². The van der Waals surface area contributed by atoms with Crippen LogP contribution < -0.4 is 17.2 Å². The average molecular weight is 371 g/mol. The van der Waals surface area contributed by atoms with Crippen molar-refractivity contribution in [3.63, 3.8) is 0 Å². The van der Waals surface area contributed by atoms with Crippen molar-refractivity contribution in [1.29, 1.82) is 0 Å². The molecule has 0 aromatic rings. The summed E-state index contributed by atoms with van der Waals surface area (Å²) in [5, 5.41) is 16.6. The van der Waals surface area contributed by atoms with E-state index >= 15 is 0 Å². The Morgan fingerprint density at radius 2 is 1.48 bits per heavy atom. The minimum absolute atomic E-state index is 0. The van der Waals surface area contributed by atoms with Crippen molar-refractivity contribution in [3.8, 4) is 0 Å². The maximum atomic E-state index is 10.1. The molecule has 0 rings (SSSR count). The van der Waals surface area contributed by atoms with Crippen molar-refractivity contribution in [2.75, 3.05) is 18.6 Å². The molecule has 0 aliphatic rings. The standard InChI is InChI=1S/C6H14N2O2.C5H11NO2S.Ca.H3P.2H/c7-4-2-1-3-5(8)6(9)10;1-9-3-2-4(6)5(7)8;;;;/h5H,1-4,7-8H2,(H,9,10);4H,2-3,6H2,1H3,(H,7,8);;1H3;;. The number of carboxylic acid groups (broad SMARTS) is 2. The molecule has 21 heavy (non-hydrogen) atoms. The van der Waals surface area contributed by atoms with Gasteiger partial charge in [-0.1, -0.05) is 6.42 Å². The van der Waals surface area contributed by atoms with Gasteiger partial charge in [-0.15, -0.1) is 0 Å². The van der Waals surface area contributed by atoms with E-state index in [0.29, 0.717) is 19.4 Å². The Morgan fingerprint density at radius 1 is 1.05 bits per heavy atom. The number of hydrogen-bond acceptors (Lipinski definition) is 6. The Balaban J connectivity index is -0.000000126. The van der Waals surface area contributed by atoms with Crippen molar-refractivity contribution >= 4 is 71.3 Å². The summed E-state index contributed by atoms with van der Waals surface area (Å²) in [7, 11) is 0. The Morgan fingerprint density at radius 3 is 1.81 bits per heavy atom. The molecule has 0 fully saturated rings. The summed E-state index contributed by atoms with van der Waals surface area (Å²) in [6.07, 6.45) is 4.64. The van der Waals surface area contributed by atoms with Crippen LogP contribution in [0.1, 0.15) is 25.7 Å². The second-order valence-electron chi connectivity index (χ2n) is 3.96. The predicted molar refractivity (Wildman–Crippen MR) is 96.8 cm³/mol. The first-order valence-corrected chi connectivity index (χ1v) is 7.41. The topological polar surface area (TPSA) is 153 Å². The van der Waals surface area contributed by atoms with E-state index < -0.39 is 24.0 Å². The molecule has 0 spiro atoms. The molecule has 0 radical (unpaired) electrons. The summed E-state index contributed by atoms with van der Waals surface area (Å²) in [5.41, 5.74) is 15.6. The Hall–Kier alpha value is 0.860. The van der Waals surface area contributed by atoms with Gasteiger partial charge in [-0.2, -0.15) is 21.7 Å². The third-order valence-electron chi connectivity index (χ3n) is 2.24. The fraction of sp³-hybridized carbons (Fsp3) is 0.818. The SMILES string of the molecule is CSCCC(N)C(=O)O.NCCCCC(N)C(=O)O.P.[CaH2]. The molecule has 7 nitrogen and oxygen atoms in total. The molecule has 0 heterocycles. The monoisotopic (exact) mass is 371 g/mol. The van der Waals surface area contributed by atoms with Gasteiger partial charge in [0, 0.05) is 0 Å². The zero-order valence-electron chi connectivity index (χ0n) is 12.0. The Bertz CT molecular complexity index is 266. The number of carbonyl (C=O) groups is 2. The summed E-state index contributed by atoms with van der Waals surface area (Å²) in [5.74, 6) is -1.03. The zero-order chi connectivity index (χ0) is 15.3. The van der Waals surface area contributed by atoms with Crippen molar-refractivity contribution in [3.05, 3.63) is 0 Å². The molecule has 0 aromatic carbocycles. The molecule has 8 N–H and O–H groups in total. The molecule has 3 unspecified atom stereocenters. The first-order valence-electron chi connectivity index (χ1n) is 6.02. The van der Waals surface area contributed by atoms with Crippen molar-refractivity contribution < 1.29 is 19.8 Å². The number of unbranched alkanes of at least 4 members (excludes halogenated alkanes) is 1. The van der Waals surface area contributed by atoms with Gasteiger partial charge >= 0.3 is 49.7 Å². The van der Waals surface area contributed by atoms with Crippen LogP contribution in [0, 0.1) is 0 Å². The first-order chi connectivity index (χ1) is 8.86. The number of hydrogen-bond donors (Lipinski definition) is 5. The molecule has 126 valence electrons. The number of nitrogens with two attached hydrogens (primary N) is 3. The van der Waals surface area contributed by atoms with Crippen molar-refractivity contribution in [2.24, 2.45) is 17.2 Å². The molecule has 0 bridgehead atoms. The van der Waals surface area contributed by atoms with Crippen molar-refractivity contribution in [2.45, 2.75) is 37.8 Å². The van der Waals surface area contributed by atoms with E-state index in [4.69, 9.17) is 27.4 Å². The molecular formula is C11H30CaN3O4PS. The zero-order valence-corrected chi connectivity index (χ0v) is 14.2. The van der Waals surface area contributed by atoms with E-state index in [2.05, 4.69) is 0 Å². The van der Waals surface area contributed by atoms with Crippen LogP contribution >= 0.6 is 21.7 Å². The molecule has 0 aliphatic heterocycles. The van der Waals surface area contributed by atoms with Crippen LogP contribution in [-0.2, 0) is 9.59 Å². The van der Waals surface area contributed by atoms with Gasteiger partial charge in [-0.25, -0.2) is 0 Å². The van der Waals surface area contributed by atoms with Gasteiger partial charge in [0.25, 0.3) is 0 Å². The Kier molecular flexibility index (Phi) is 29.6. The third kappa shape index (κ3) is 23.3. The van der Waals surface area contributed by atoms with E-state index in [0.717, 1.165) is 18.6 Å². The van der Waals surface area contributed by atoms with E-state index in [-0.39, 0.29) is 47.6 Å². The summed E-state index contributed by atoms with van der Waals surface area (Å²) in [4.78, 5) is 20.2. The number of thioether (sulfide) groups is 1. The number of rotatable bonds is 9. The van der Waals surface area contributed by atoms with Crippen LogP contribution in [0.15, 0.2) is 0 Å². The van der Waals surface area contributed by atoms with E-state index in [1.54, 1.807) is 11.8 Å². The van der Waals surface area contributed by atoms with Crippen LogP contribution in [0.5, 0.6) is 0 Å². The Labute approximate surface area is 163 Å². The summed E-state index contributed by atoms with van der Waals surface area (Å²) < 4.78 is 0. The van der Waals surface area contributed by atoms with Gasteiger partial charge in [0.1, 0.15) is 12.1 Å². The van der Waals surface area contributed by atoms with Crippen LogP contribution in [0.25, 0.3) is 0 Å². The molecule has 10 heteroatoms. The molecular weight excluding hydrogens is 341 g/mol. The van der Waals surface area contributed by atoms with Gasteiger partial charge in [0.15, 0.2) is 0 Å². The van der Waals surface area contributed by atoms with E-state index in [1.807, 2.05) is 6.26 Å². The average Bonchev–Trinajstić information content (AvgIpc) is 2.36. The van der Waals surface area contributed by atoms with Gasteiger partial charge in [-0.3, -0.25) is 9.59 Å². The molecule has 3 atom stereocenters. The molecule has 0 aliphatic carbocycles. The first kappa shape index (κ1) is 29.8. The van der Waals surface area contributed by atoms with E-state index in [1.165, 1.54) is 0 Å². The van der Waals surface area contributed by atoms with Gasteiger partial charge in [-0.05, 0) is 37.8 Å². The summed E-state index contributed by atoms with van der Waals surface area (Å²) >= 11 is 1.60. The van der Waals surface area contributed by atoms with Crippen LogP contribution in [0.3, 0.4) is 0 Å². The van der Waals surface area contributed by atoms with Gasteiger partial charge in [0.2, 0.25) is 0 Å². The predicted octanol–water partition coefficient (Wildman–Crippen LogP) is -1.18. The molecule has 0 amide bonds. The fourth-order valence-electron chi connectivity index (χ4n) is 1.00. The van der Waals surface area contributed by atoms with Crippen LogP contribution in [-0.4, -0.2) is 90.5 Å². The minimum atomic E-state index is -0.933. The van der Waals surface area contributed by atoms with Crippen LogP contribution in [0.4, 0.5) is 0 Å². The number of aliphatic carboxylic acids is 2. The molecule has 0 saturated carbocycles. The van der Waals surface area contributed by atoms with Gasteiger partial charge < -0.3 is 27.4 Å². The molecule has 0 aromatic heterocycles.